The van der Waals surface area contributed by atoms with Crippen LogP contribution in [-0.4, -0.2) is 0 Å². The molecule has 2 aromatic heterocycles. The Morgan fingerprint density at radius 1 is 0.328 bits per heavy atom. The van der Waals surface area contributed by atoms with Crippen LogP contribution in [0.2, 0.25) is 0 Å². The Balaban J connectivity index is 1.12. The Kier molecular flexibility index (Phi) is 7.51. The first-order valence-corrected chi connectivity index (χ1v) is 22.8. The highest BCUT2D eigenvalue weighted by molar-refractivity contribution is 7.25. The number of nitrogens with zero attached hydrogens (tertiary/aromatic N) is 1. The van der Waals surface area contributed by atoms with Crippen LogP contribution in [0.4, 0.5) is 17.1 Å². The molecule has 0 saturated heterocycles. The number of anilines is 3. The number of hydrogen-bond donors (Lipinski definition) is 0. The lowest BCUT2D eigenvalue weighted by atomic mass is 9.65. The molecule has 0 fully saturated rings. The van der Waals surface area contributed by atoms with E-state index in [4.69, 9.17) is 4.42 Å². The van der Waals surface area contributed by atoms with Crippen molar-refractivity contribution in [3.63, 3.8) is 0 Å². The Morgan fingerprint density at radius 2 is 0.891 bits per heavy atom. The Labute approximate surface area is 374 Å². The predicted molar refractivity (Wildman–Crippen MR) is 268 cm³/mol. The van der Waals surface area contributed by atoms with Crippen LogP contribution in [0.1, 0.15) is 22.3 Å². The van der Waals surface area contributed by atoms with Crippen molar-refractivity contribution >= 4 is 70.5 Å². The van der Waals surface area contributed by atoms with Gasteiger partial charge in [-0.25, -0.2) is 0 Å². The van der Waals surface area contributed by atoms with E-state index in [2.05, 4.69) is 223 Å². The van der Waals surface area contributed by atoms with Crippen LogP contribution in [0.3, 0.4) is 0 Å². The number of para-hydroxylation sites is 2. The first-order valence-electron chi connectivity index (χ1n) is 22.0. The zero-order chi connectivity index (χ0) is 41.9. The molecule has 0 N–H and O–H groups in total. The Bertz CT molecular complexity index is 3870. The molecule has 2 aliphatic carbocycles. The maximum Gasteiger partial charge on any atom is 0.135 e. The van der Waals surface area contributed by atoms with Gasteiger partial charge in [0.25, 0.3) is 0 Å². The predicted octanol–water partition coefficient (Wildman–Crippen LogP) is 17.1. The summed E-state index contributed by atoms with van der Waals surface area (Å²) in [6.07, 6.45) is 0. The minimum Gasteiger partial charge on any atom is -0.456 e. The summed E-state index contributed by atoms with van der Waals surface area (Å²) < 4.78 is 9.03. The number of fused-ring (bicyclic) bond motifs is 18. The second kappa shape index (κ2) is 13.5. The molecule has 14 rings (SSSR count). The van der Waals surface area contributed by atoms with Crippen molar-refractivity contribution in [3.8, 4) is 44.5 Å². The summed E-state index contributed by atoms with van der Waals surface area (Å²) in [5, 5.41) is 4.83. The third-order valence-corrected chi connectivity index (χ3v) is 15.0. The van der Waals surface area contributed by atoms with Gasteiger partial charge in [0.05, 0.1) is 11.1 Å². The van der Waals surface area contributed by atoms with Gasteiger partial charge >= 0.3 is 0 Å². The molecule has 0 aliphatic heterocycles. The van der Waals surface area contributed by atoms with Crippen molar-refractivity contribution in [1.29, 1.82) is 0 Å². The van der Waals surface area contributed by atoms with Gasteiger partial charge in [0.15, 0.2) is 0 Å². The average Bonchev–Trinajstić information content (AvgIpc) is 3.99. The standard InChI is InChI=1S/C61H37NOS/c1-2-16-38(17-3-1)41-18-8-13-27-56(41)62(39-31-33-58-50(34-39)47-23-9-14-28-57(47)63-58)40-30-32-46-43-20-5-4-19-42(43)44-21-6-11-25-52(44)61(54(46)35-40)53-26-12-7-22-45(53)49-36-51-48-24-10-15-29-59(48)64-60(51)37-55(49)61/h1-37H. The minimum absolute atomic E-state index is 0.646. The van der Waals surface area contributed by atoms with Gasteiger partial charge in [0, 0.05) is 47.9 Å². The maximum atomic E-state index is 6.41. The van der Waals surface area contributed by atoms with E-state index in [1.807, 2.05) is 17.4 Å². The van der Waals surface area contributed by atoms with Gasteiger partial charge in [-0.05, 0) is 122 Å². The monoisotopic (exact) mass is 831 g/mol. The molecule has 64 heavy (non-hydrogen) atoms. The van der Waals surface area contributed by atoms with Crippen LogP contribution in [0.25, 0.3) is 86.6 Å². The zero-order valence-electron chi connectivity index (χ0n) is 34.6. The number of rotatable bonds is 4. The van der Waals surface area contributed by atoms with E-state index in [9.17, 15) is 0 Å². The molecule has 298 valence electrons. The number of furan rings is 1. The molecule has 1 spiro atoms. The highest BCUT2D eigenvalue weighted by Gasteiger charge is 2.50. The van der Waals surface area contributed by atoms with Gasteiger partial charge in [-0.2, -0.15) is 0 Å². The molecule has 1 unspecified atom stereocenters. The van der Waals surface area contributed by atoms with Crippen LogP contribution in [0, 0.1) is 0 Å². The molecule has 10 aromatic carbocycles. The first-order chi connectivity index (χ1) is 31.7. The van der Waals surface area contributed by atoms with Gasteiger partial charge in [0.2, 0.25) is 0 Å². The van der Waals surface area contributed by atoms with Crippen molar-refractivity contribution in [3.05, 3.63) is 247 Å². The Hall–Kier alpha value is -7.98. The van der Waals surface area contributed by atoms with Crippen molar-refractivity contribution in [2.75, 3.05) is 4.90 Å². The fourth-order valence-corrected chi connectivity index (χ4v) is 12.4. The van der Waals surface area contributed by atoms with Gasteiger partial charge in [0.1, 0.15) is 11.2 Å². The molecule has 0 saturated carbocycles. The molecule has 3 heteroatoms. The summed E-state index contributed by atoms with van der Waals surface area (Å²) in [5.41, 5.74) is 19.5. The van der Waals surface area contributed by atoms with E-state index in [0.717, 1.165) is 50.1 Å². The highest BCUT2D eigenvalue weighted by atomic mass is 32.1. The van der Waals surface area contributed by atoms with Crippen molar-refractivity contribution in [1.82, 2.24) is 0 Å². The van der Waals surface area contributed by atoms with Crippen LogP contribution >= 0.6 is 11.3 Å². The van der Waals surface area contributed by atoms with Gasteiger partial charge in [-0.3, -0.25) is 0 Å². The summed E-state index contributed by atoms with van der Waals surface area (Å²) >= 11 is 1.90. The molecule has 0 bridgehead atoms. The fraction of sp³-hybridized carbons (Fsp3) is 0.0164. The molecular weight excluding hydrogens is 795 g/mol. The minimum atomic E-state index is -0.646. The number of hydrogen-bond acceptors (Lipinski definition) is 3. The molecule has 2 heterocycles. The third-order valence-electron chi connectivity index (χ3n) is 13.9. The third kappa shape index (κ3) is 4.90. The topological polar surface area (TPSA) is 16.4 Å². The van der Waals surface area contributed by atoms with Crippen LogP contribution in [0.5, 0.6) is 0 Å². The van der Waals surface area contributed by atoms with E-state index in [1.165, 1.54) is 75.8 Å². The van der Waals surface area contributed by atoms with Crippen molar-refractivity contribution in [2.45, 2.75) is 5.41 Å². The Morgan fingerprint density at radius 3 is 1.69 bits per heavy atom. The molecule has 0 amide bonds. The number of benzene rings is 10. The first kappa shape index (κ1) is 35.6. The van der Waals surface area contributed by atoms with Gasteiger partial charge in [-0.15, -0.1) is 11.3 Å². The normalized spacial score (nSPS) is 14.6. The zero-order valence-corrected chi connectivity index (χ0v) is 35.4. The molecule has 1 atom stereocenters. The summed E-state index contributed by atoms with van der Waals surface area (Å²) in [6, 6.07) is 83.2. The smallest absolute Gasteiger partial charge is 0.135 e. The summed E-state index contributed by atoms with van der Waals surface area (Å²) in [7, 11) is 0. The lowest BCUT2D eigenvalue weighted by Crippen LogP contribution is -2.29. The number of thiophene rings is 1. The summed E-state index contributed by atoms with van der Waals surface area (Å²) in [5.74, 6) is 0. The molecule has 2 aliphatic rings. The average molecular weight is 832 g/mol. The van der Waals surface area contributed by atoms with E-state index in [1.54, 1.807) is 0 Å². The molecule has 0 radical (unpaired) electrons. The highest BCUT2D eigenvalue weighted by Crippen LogP contribution is 2.63. The molecular formula is C61H37NOS. The van der Waals surface area contributed by atoms with E-state index in [0.29, 0.717) is 0 Å². The van der Waals surface area contributed by atoms with Crippen LogP contribution in [0.15, 0.2) is 229 Å². The molecule has 12 aromatic rings. The van der Waals surface area contributed by atoms with E-state index < -0.39 is 5.41 Å². The van der Waals surface area contributed by atoms with Crippen LogP contribution < -0.4 is 4.90 Å². The quantitative estimate of drug-likeness (QED) is 0.176. The SMILES string of the molecule is c1ccc(-c2ccccc2N(c2ccc3c(c2)C2(c4ccccc4-c4ccccc4-3)c3ccccc3-c3cc4c(cc32)sc2ccccc24)c2ccc3oc4ccccc4c3c2)cc1. The van der Waals surface area contributed by atoms with E-state index >= 15 is 0 Å². The maximum absolute atomic E-state index is 6.41. The van der Waals surface area contributed by atoms with Crippen LogP contribution in [-0.2, 0) is 5.41 Å². The van der Waals surface area contributed by atoms with Crippen molar-refractivity contribution < 1.29 is 4.42 Å². The largest absolute Gasteiger partial charge is 0.456 e. The van der Waals surface area contributed by atoms with E-state index in [-0.39, 0.29) is 0 Å². The molecule has 2 nitrogen and oxygen atoms in total. The van der Waals surface area contributed by atoms with Crippen molar-refractivity contribution in [2.24, 2.45) is 0 Å². The summed E-state index contributed by atoms with van der Waals surface area (Å²) in [4.78, 5) is 2.47. The fourth-order valence-electron chi connectivity index (χ4n) is 11.2. The lowest BCUT2D eigenvalue weighted by molar-refractivity contribution is 0.669. The van der Waals surface area contributed by atoms with Gasteiger partial charge < -0.3 is 9.32 Å². The summed E-state index contributed by atoms with van der Waals surface area (Å²) in [6.45, 7) is 0. The lowest BCUT2D eigenvalue weighted by Gasteiger charge is -2.36. The van der Waals surface area contributed by atoms with Gasteiger partial charge in [-0.1, -0.05) is 164 Å². The second-order valence-electron chi connectivity index (χ2n) is 17.1. The second-order valence-corrected chi connectivity index (χ2v) is 18.2.